The maximum atomic E-state index is 13.7. The van der Waals surface area contributed by atoms with Crippen molar-refractivity contribution < 1.29 is 9.72 Å². The molecule has 0 fully saturated rings. The molecule has 1 atom stereocenters. The summed E-state index contributed by atoms with van der Waals surface area (Å²) in [5, 5.41) is 14.7. The molecular weight excluding hydrogens is 486 g/mol. The second-order valence-electron chi connectivity index (χ2n) is 9.02. The molecule has 4 aromatic rings. The standard InChI is InChI=1S/C27H25N7O4/c1-32-26(36)24(33-16-19-8-5-9-21(34(37)38)22(19)25(33)35)23(18-10-12-29-13-11-18)31-27(32)30-15-20(28)14-17-6-3-2-4-7-17/h2-13,20H,14-16,28H2,1H3,(H,30,31)/t20-/m0/s1. The van der Waals surface area contributed by atoms with E-state index in [1.54, 1.807) is 37.6 Å². The van der Waals surface area contributed by atoms with Gasteiger partial charge in [-0.05, 0) is 29.7 Å². The van der Waals surface area contributed by atoms with Gasteiger partial charge < -0.3 is 11.1 Å². The number of aromatic nitrogens is 3. The van der Waals surface area contributed by atoms with Crippen LogP contribution < -0.4 is 21.5 Å². The number of nitrogens with zero attached hydrogens (tertiary/aromatic N) is 5. The van der Waals surface area contributed by atoms with Crippen molar-refractivity contribution in [3.8, 4) is 11.3 Å². The second-order valence-corrected chi connectivity index (χ2v) is 9.02. The average molecular weight is 512 g/mol. The van der Waals surface area contributed by atoms with Crippen LogP contribution in [0, 0.1) is 10.1 Å². The zero-order chi connectivity index (χ0) is 26.8. The molecule has 0 unspecified atom stereocenters. The molecule has 5 rings (SSSR count). The van der Waals surface area contributed by atoms with Crippen LogP contribution in [-0.2, 0) is 20.0 Å². The summed E-state index contributed by atoms with van der Waals surface area (Å²) >= 11 is 0. The van der Waals surface area contributed by atoms with Gasteiger partial charge >= 0.3 is 0 Å². The summed E-state index contributed by atoms with van der Waals surface area (Å²) < 4.78 is 1.32. The number of hydrogen-bond donors (Lipinski definition) is 2. The van der Waals surface area contributed by atoms with E-state index in [-0.39, 0.29) is 41.2 Å². The highest BCUT2D eigenvalue weighted by atomic mass is 16.6. The Morgan fingerprint density at radius 1 is 1.08 bits per heavy atom. The zero-order valence-electron chi connectivity index (χ0n) is 20.6. The van der Waals surface area contributed by atoms with E-state index < -0.39 is 16.4 Å². The molecule has 1 aliphatic rings. The number of nitrogens with one attached hydrogen (secondary N) is 1. The fourth-order valence-electron chi connectivity index (χ4n) is 4.59. The molecule has 3 heterocycles. The molecule has 1 amide bonds. The number of carbonyl (C=O) groups is 1. The normalized spacial score (nSPS) is 13.3. The summed E-state index contributed by atoms with van der Waals surface area (Å²) in [4.78, 5) is 48.2. The minimum atomic E-state index is -0.618. The van der Waals surface area contributed by atoms with Gasteiger partial charge in [-0.15, -0.1) is 0 Å². The number of nitro benzene ring substituents is 1. The predicted octanol–water partition coefficient (Wildman–Crippen LogP) is 2.89. The van der Waals surface area contributed by atoms with Crippen LogP contribution in [0.4, 0.5) is 17.3 Å². The summed E-state index contributed by atoms with van der Waals surface area (Å²) in [6.45, 7) is 0.365. The molecular formula is C27H25N7O4. The lowest BCUT2D eigenvalue weighted by atomic mass is 10.1. The molecule has 1 aliphatic heterocycles. The average Bonchev–Trinajstić information content (AvgIpc) is 3.26. The van der Waals surface area contributed by atoms with E-state index in [0.717, 1.165) is 5.56 Å². The lowest BCUT2D eigenvalue weighted by Gasteiger charge is -2.22. The highest BCUT2D eigenvalue weighted by Gasteiger charge is 2.38. The van der Waals surface area contributed by atoms with Crippen molar-refractivity contribution >= 4 is 23.2 Å². The molecule has 3 N–H and O–H groups in total. The van der Waals surface area contributed by atoms with Gasteiger partial charge in [0, 0.05) is 43.7 Å². The van der Waals surface area contributed by atoms with Crippen molar-refractivity contribution in [3.05, 3.63) is 110 Å². The van der Waals surface area contributed by atoms with Crippen molar-refractivity contribution in [3.63, 3.8) is 0 Å². The summed E-state index contributed by atoms with van der Waals surface area (Å²) in [6.07, 6.45) is 3.76. The topological polar surface area (TPSA) is 149 Å². The van der Waals surface area contributed by atoms with Crippen LogP contribution in [0.3, 0.4) is 0 Å². The molecule has 11 nitrogen and oxygen atoms in total. The number of hydrogen-bond acceptors (Lipinski definition) is 8. The van der Waals surface area contributed by atoms with E-state index in [4.69, 9.17) is 10.7 Å². The zero-order valence-corrected chi connectivity index (χ0v) is 20.6. The Labute approximate surface area is 217 Å². The number of amides is 1. The predicted molar refractivity (Wildman–Crippen MR) is 143 cm³/mol. The lowest BCUT2D eigenvalue weighted by Crippen LogP contribution is -2.36. The third-order valence-corrected chi connectivity index (χ3v) is 6.47. The van der Waals surface area contributed by atoms with Crippen LogP contribution in [0.5, 0.6) is 0 Å². The Balaban J connectivity index is 1.53. The Bertz CT molecular complexity index is 1570. The fourth-order valence-corrected chi connectivity index (χ4v) is 4.59. The SMILES string of the molecule is Cn1c(NC[C@@H](N)Cc2ccccc2)nc(-c2ccncc2)c(N2Cc3cccc([N+](=O)[O-])c3C2=O)c1=O. The number of carbonyl (C=O) groups excluding carboxylic acids is 1. The minimum Gasteiger partial charge on any atom is -0.354 e. The Morgan fingerprint density at radius 2 is 1.82 bits per heavy atom. The number of rotatable bonds is 8. The van der Waals surface area contributed by atoms with Crippen molar-refractivity contribution in [1.29, 1.82) is 0 Å². The van der Waals surface area contributed by atoms with E-state index in [1.807, 2.05) is 30.3 Å². The summed E-state index contributed by atoms with van der Waals surface area (Å²) in [6, 6.07) is 17.4. The molecule has 11 heteroatoms. The van der Waals surface area contributed by atoms with Crippen LogP contribution >= 0.6 is 0 Å². The molecule has 2 aromatic heterocycles. The highest BCUT2D eigenvalue weighted by molar-refractivity contribution is 6.13. The summed E-state index contributed by atoms with van der Waals surface area (Å²) in [5.41, 5.74) is 7.98. The van der Waals surface area contributed by atoms with Crippen LogP contribution in [0.2, 0.25) is 0 Å². The maximum absolute atomic E-state index is 13.7. The fraction of sp³-hybridized carbons (Fsp3) is 0.185. The lowest BCUT2D eigenvalue weighted by molar-refractivity contribution is -0.385. The third-order valence-electron chi connectivity index (χ3n) is 6.47. The van der Waals surface area contributed by atoms with Gasteiger partial charge in [0.05, 0.1) is 11.5 Å². The second kappa shape index (κ2) is 10.2. The van der Waals surface area contributed by atoms with E-state index in [2.05, 4.69) is 10.3 Å². The first-order chi connectivity index (χ1) is 18.3. The molecule has 192 valence electrons. The van der Waals surface area contributed by atoms with Gasteiger partial charge in [0.1, 0.15) is 16.9 Å². The number of anilines is 2. The quantitative estimate of drug-likeness (QED) is 0.271. The molecule has 38 heavy (non-hydrogen) atoms. The number of fused-ring (bicyclic) bond motifs is 1. The number of pyridine rings is 1. The van der Waals surface area contributed by atoms with Gasteiger partial charge in [-0.2, -0.15) is 0 Å². The van der Waals surface area contributed by atoms with Crippen molar-refractivity contribution in [2.75, 3.05) is 16.8 Å². The largest absolute Gasteiger partial charge is 0.354 e. The molecule has 0 saturated heterocycles. The Kier molecular flexibility index (Phi) is 6.67. The first-order valence-corrected chi connectivity index (χ1v) is 12.0. The number of nitro groups is 1. The number of benzene rings is 2. The van der Waals surface area contributed by atoms with Crippen LogP contribution in [0.15, 0.2) is 77.9 Å². The first-order valence-electron chi connectivity index (χ1n) is 12.0. The van der Waals surface area contributed by atoms with E-state index in [0.29, 0.717) is 24.1 Å². The van der Waals surface area contributed by atoms with Crippen molar-refractivity contribution in [2.45, 2.75) is 19.0 Å². The minimum absolute atomic E-state index is 0.0135. The van der Waals surface area contributed by atoms with Gasteiger partial charge in [0.15, 0.2) is 0 Å². The van der Waals surface area contributed by atoms with Crippen molar-refractivity contribution in [2.24, 2.45) is 12.8 Å². The third kappa shape index (κ3) is 4.62. The van der Waals surface area contributed by atoms with Gasteiger partial charge in [-0.1, -0.05) is 42.5 Å². The molecule has 0 aliphatic carbocycles. The molecule has 0 radical (unpaired) electrons. The highest BCUT2D eigenvalue weighted by Crippen LogP contribution is 2.36. The van der Waals surface area contributed by atoms with Gasteiger partial charge in [0.2, 0.25) is 5.95 Å². The molecule has 0 bridgehead atoms. The van der Waals surface area contributed by atoms with Crippen LogP contribution in [-0.4, -0.2) is 38.0 Å². The molecule has 0 saturated carbocycles. The van der Waals surface area contributed by atoms with E-state index >= 15 is 0 Å². The smallest absolute Gasteiger partial charge is 0.282 e. The van der Waals surface area contributed by atoms with Gasteiger partial charge in [0.25, 0.3) is 17.2 Å². The van der Waals surface area contributed by atoms with Crippen LogP contribution in [0.25, 0.3) is 11.3 Å². The van der Waals surface area contributed by atoms with Crippen LogP contribution in [0.1, 0.15) is 21.5 Å². The van der Waals surface area contributed by atoms with Gasteiger partial charge in [-0.3, -0.25) is 34.2 Å². The Morgan fingerprint density at radius 3 is 2.53 bits per heavy atom. The molecule has 2 aromatic carbocycles. The molecule has 0 spiro atoms. The first kappa shape index (κ1) is 24.8. The van der Waals surface area contributed by atoms with Crippen molar-refractivity contribution in [1.82, 2.24) is 14.5 Å². The Hall–Kier alpha value is -4.90. The van der Waals surface area contributed by atoms with Gasteiger partial charge in [-0.25, -0.2) is 4.98 Å². The van der Waals surface area contributed by atoms with E-state index in [1.165, 1.54) is 21.6 Å². The number of nitrogens with two attached hydrogens (primary N) is 1. The monoisotopic (exact) mass is 511 g/mol. The maximum Gasteiger partial charge on any atom is 0.282 e. The summed E-state index contributed by atoms with van der Waals surface area (Å²) in [7, 11) is 1.55. The summed E-state index contributed by atoms with van der Waals surface area (Å²) in [5.74, 6) is -0.337. The van der Waals surface area contributed by atoms with E-state index in [9.17, 15) is 19.7 Å².